The summed E-state index contributed by atoms with van der Waals surface area (Å²) in [5.41, 5.74) is 0.294. The van der Waals surface area contributed by atoms with Crippen LogP contribution < -0.4 is 10.2 Å². The molecule has 2 saturated heterocycles. The van der Waals surface area contributed by atoms with Gasteiger partial charge >= 0.3 is 6.03 Å². The number of likely N-dealkylation sites (tertiary alicyclic amines) is 1. The third-order valence-corrected chi connectivity index (χ3v) is 5.03. The molecule has 7 heteroatoms. The zero-order chi connectivity index (χ0) is 18.0. The Labute approximate surface area is 146 Å². The number of carbonyl (C=O) groups excluding carboxylic acids is 3. The van der Waals surface area contributed by atoms with Crippen molar-refractivity contribution in [2.45, 2.75) is 38.6 Å². The van der Waals surface area contributed by atoms with Gasteiger partial charge in [-0.15, -0.1) is 0 Å². The van der Waals surface area contributed by atoms with E-state index in [1.165, 1.54) is 24.3 Å². The first-order valence-corrected chi connectivity index (χ1v) is 8.67. The van der Waals surface area contributed by atoms with E-state index >= 15 is 0 Å². The number of piperidine rings is 1. The van der Waals surface area contributed by atoms with Crippen molar-refractivity contribution in [2.75, 3.05) is 18.0 Å². The third kappa shape index (κ3) is 3.65. The maximum atomic E-state index is 13.0. The number of benzene rings is 1. The maximum absolute atomic E-state index is 13.0. The Morgan fingerprint density at radius 1 is 1.20 bits per heavy atom. The van der Waals surface area contributed by atoms with Gasteiger partial charge in [0.05, 0.1) is 12.1 Å². The zero-order valence-electron chi connectivity index (χ0n) is 14.2. The molecule has 0 aromatic heterocycles. The van der Waals surface area contributed by atoms with Crippen LogP contribution in [-0.2, 0) is 9.59 Å². The largest absolute Gasteiger partial charge is 0.343 e. The fraction of sp³-hybridized carbons (Fsp3) is 0.500. The number of nitrogens with one attached hydrogen (secondary N) is 1. The Morgan fingerprint density at radius 3 is 2.44 bits per heavy atom. The monoisotopic (exact) mass is 347 g/mol. The van der Waals surface area contributed by atoms with E-state index in [0.717, 1.165) is 24.2 Å². The highest BCUT2D eigenvalue weighted by Gasteiger charge is 2.40. The van der Waals surface area contributed by atoms with E-state index in [2.05, 4.69) is 12.2 Å². The lowest BCUT2D eigenvalue weighted by molar-refractivity contribution is -0.134. The Bertz CT molecular complexity index is 669. The minimum atomic E-state index is -0.867. The van der Waals surface area contributed by atoms with Crippen LogP contribution in [0.2, 0.25) is 0 Å². The summed E-state index contributed by atoms with van der Waals surface area (Å²) < 4.78 is 13.0. The van der Waals surface area contributed by atoms with Crippen molar-refractivity contribution in [3.63, 3.8) is 0 Å². The first-order valence-electron chi connectivity index (χ1n) is 8.67. The van der Waals surface area contributed by atoms with Gasteiger partial charge in [-0.2, -0.15) is 0 Å². The molecule has 134 valence electrons. The molecule has 25 heavy (non-hydrogen) atoms. The molecule has 1 aromatic carbocycles. The normalized spacial score (nSPS) is 21.6. The van der Waals surface area contributed by atoms with E-state index < -0.39 is 23.8 Å². The number of urea groups is 1. The van der Waals surface area contributed by atoms with Crippen LogP contribution in [0.3, 0.4) is 0 Å². The van der Waals surface area contributed by atoms with E-state index in [1.54, 1.807) is 4.90 Å². The maximum Gasteiger partial charge on any atom is 0.329 e. The van der Waals surface area contributed by atoms with Crippen molar-refractivity contribution in [2.24, 2.45) is 5.92 Å². The SMILES string of the molecule is CCC1CCN(C(=O)C[C@@H]2NC(=O)N(c3ccc(F)cc3)C2=O)CC1. The van der Waals surface area contributed by atoms with E-state index in [4.69, 9.17) is 0 Å². The topological polar surface area (TPSA) is 69.7 Å². The molecule has 0 unspecified atom stereocenters. The summed E-state index contributed by atoms with van der Waals surface area (Å²) in [4.78, 5) is 39.8. The van der Waals surface area contributed by atoms with Crippen LogP contribution in [0.25, 0.3) is 0 Å². The highest BCUT2D eigenvalue weighted by Crippen LogP contribution is 2.23. The second-order valence-electron chi connectivity index (χ2n) is 6.59. The van der Waals surface area contributed by atoms with E-state index in [-0.39, 0.29) is 12.3 Å². The van der Waals surface area contributed by atoms with Gasteiger partial charge < -0.3 is 10.2 Å². The lowest BCUT2D eigenvalue weighted by Gasteiger charge is -2.32. The Hall–Kier alpha value is -2.44. The van der Waals surface area contributed by atoms with Crippen molar-refractivity contribution < 1.29 is 18.8 Å². The third-order valence-electron chi connectivity index (χ3n) is 5.03. The zero-order valence-corrected chi connectivity index (χ0v) is 14.2. The first-order chi connectivity index (χ1) is 12.0. The molecule has 4 amide bonds. The summed E-state index contributed by atoms with van der Waals surface area (Å²) >= 11 is 0. The average Bonchev–Trinajstić information content (AvgIpc) is 2.89. The van der Waals surface area contributed by atoms with Gasteiger partial charge in [0.2, 0.25) is 5.91 Å². The second-order valence-corrected chi connectivity index (χ2v) is 6.59. The molecule has 1 atom stereocenters. The van der Waals surface area contributed by atoms with Gasteiger partial charge in [-0.1, -0.05) is 13.3 Å². The first kappa shape index (κ1) is 17.4. The number of nitrogens with zero attached hydrogens (tertiary/aromatic N) is 2. The number of rotatable bonds is 4. The molecule has 0 spiro atoms. The van der Waals surface area contributed by atoms with Crippen molar-refractivity contribution in [1.29, 1.82) is 0 Å². The molecule has 0 saturated carbocycles. The summed E-state index contributed by atoms with van der Waals surface area (Å²) in [7, 11) is 0. The van der Waals surface area contributed by atoms with Gasteiger partial charge in [-0.3, -0.25) is 9.59 Å². The lowest BCUT2D eigenvalue weighted by Crippen LogP contribution is -2.42. The highest BCUT2D eigenvalue weighted by molar-refractivity contribution is 6.22. The standard InChI is InChI=1S/C18H22FN3O3/c1-2-12-7-9-21(10-8-12)16(23)11-15-17(24)22(18(25)20-15)14-5-3-13(19)4-6-14/h3-6,12,15H,2,7-11H2,1H3,(H,20,25)/t15-/m0/s1. The van der Waals surface area contributed by atoms with Crippen molar-refractivity contribution >= 4 is 23.5 Å². The molecular formula is C18H22FN3O3. The van der Waals surface area contributed by atoms with Crippen LogP contribution in [0.4, 0.5) is 14.9 Å². The number of imide groups is 1. The van der Waals surface area contributed by atoms with Crippen molar-refractivity contribution in [3.8, 4) is 0 Å². The van der Waals surface area contributed by atoms with E-state index in [1.807, 2.05) is 0 Å². The number of halogens is 1. The molecule has 6 nitrogen and oxygen atoms in total. The number of hydrogen-bond donors (Lipinski definition) is 1. The molecule has 1 N–H and O–H groups in total. The minimum absolute atomic E-state index is 0.0426. The van der Waals surface area contributed by atoms with Crippen LogP contribution in [0, 0.1) is 11.7 Å². The van der Waals surface area contributed by atoms with Crippen molar-refractivity contribution in [1.82, 2.24) is 10.2 Å². The smallest absolute Gasteiger partial charge is 0.329 e. The predicted molar refractivity (Wildman–Crippen MR) is 90.4 cm³/mol. The molecule has 2 fully saturated rings. The van der Waals surface area contributed by atoms with Gasteiger partial charge in [-0.25, -0.2) is 14.1 Å². The summed E-state index contributed by atoms with van der Waals surface area (Å²) in [6.07, 6.45) is 3.04. The molecule has 2 aliphatic rings. The summed E-state index contributed by atoms with van der Waals surface area (Å²) in [6.45, 7) is 3.56. The van der Waals surface area contributed by atoms with Crippen LogP contribution in [0.15, 0.2) is 24.3 Å². The quantitative estimate of drug-likeness (QED) is 0.850. The molecule has 0 aliphatic carbocycles. The molecule has 0 bridgehead atoms. The van der Waals surface area contributed by atoms with E-state index in [0.29, 0.717) is 24.7 Å². The number of amides is 4. The number of hydrogen-bond acceptors (Lipinski definition) is 3. The van der Waals surface area contributed by atoms with Crippen LogP contribution in [-0.4, -0.2) is 41.9 Å². The lowest BCUT2D eigenvalue weighted by atomic mass is 9.94. The summed E-state index contributed by atoms with van der Waals surface area (Å²) in [5.74, 6) is -0.383. The second kappa shape index (κ2) is 7.21. The average molecular weight is 347 g/mol. The highest BCUT2D eigenvalue weighted by atomic mass is 19.1. The van der Waals surface area contributed by atoms with Gasteiger partial charge in [0, 0.05) is 13.1 Å². The molecule has 1 aromatic rings. The fourth-order valence-corrected chi connectivity index (χ4v) is 3.40. The number of carbonyl (C=O) groups is 3. The molecular weight excluding hydrogens is 325 g/mol. The summed E-state index contributed by atoms with van der Waals surface area (Å²) in [6, 6.07) is 3.66. The summed E-state index contributed by atoms with van der Waals surface area (Å²) in [5, 5.41) is 2.55. The number of anilines is 1. The van der Waals surface area contributed by atoms with Gasteiger partial charge in [0.25, 0.3) is 5.91 Å². The minimum Gasteiger partial charge on any atom is -0.343 e. The van der Waals surface area contributed by atoms with Crippen LogP contribution >= 0.6 is 0 Å². The predicted octanol–water partition coefficient (Wildman–Crippen LogP) is 2.29. The van der Waals surface area contributed by atoms with E-state index in [9.17, 15) is 18.8 Å². The van der Waals surface area contributed by atoms with Crippen LogP contribution in [0.5, 0.6) is 0 Å². The van der Waals surface area contributed by atoms with Gasteiger partial charge in [0.1, 0.15) is 11.9 Å². The Kier molecular flexibility index (Phi) is 5.01. The van der Waals surface area contributed by atoms with Gasteiger partial charge in [-0.05, 0) is 43.0 Å². The molecule has 0 radical (unpaired) electrons. The Morgan fingerprint density at radius 2 is 1.84 bits per heavy atom. The van der Waals surface area contributed by atoms with Crippen molar-refractivity contribution in [3.05, 3.63) is 30.1 Å². The molecule has 2 heterocycles. The Balaban J connectivity index is 1.62. The molecule has 3 rings (SSSR count). The fourth-order valence-electron chi connectivity index (χ4n) is 3.40. The van der Waals surface area contributed by atoms with Crippen LogP contribution in [0.1, 0.15) is 32.6 Å². The molecule has 2 aliphatic heterocycles. The van der Waals surface area contributed by atoms with Gasteiger partial charge in [0.15, 0.2) is 0 Å².